The molecule has 1 fully saturated rings. The van der Waals surface area contributed by atoms with Crippen molar-refractivity contribution in [2.75, 3.05) is 0 Å². The van der Waals surface area contributed by atoms with Gasteiger partial charge in [0.2, 0.25) is 0 Å². The molecule has 1 aromatic heterocycles. The van der Waals surface area contributed by atoms with Crippen molar-refractivity contribution in [3.63, 3.8) is 0 Å². The van der Waals surface area contributed by atoms with E-state index in [0.717, 1.165) is 0 Å². The van der Waals surface area contributed by atoms with Crippen LogP contribution in [0, 0.1) is 26.7 Å². The zero-order valence-electron chi connectivity index (χ0n) is 17.9. The van der Waals surface area contributed by atoms with Crippen LogP contribution in [0.15, 0.2) is 60.7 Å². The Hall–Kier alpha value is -2.61. The van der Waals surface area contributed by atoms with E-state index in [2.05, 4.69) is 96.8 Å². The number of para-hydroxylation sites is 1. The Morgan fingerprint density at radius 2 is 1.55 bits per heavy atom. The fraction of sp³-hybridized carbons (Fsp3) is 0.370. The molecule has 2 nitrogen and oxygen atoms in total. The summed E-state index contributed by atoms with van der Waals surface area (Å²) in [6.45, 7) is 6.79. The van der Waals surface area contributed by atoms with E-state index in [-0.39, 0.29) is 5.41 Å². The Bertz CT molecular complexity index is 1070. The number of allylic oxidation sites excluding steroid dienone is 1. The van der Waals surface area contributed by atoms with Crippen LogP contribution in [0.2, 0.25) is 0 Å². The van der Waals surface area contributed by atoms with Gasteiger partial charge in [-0.2, -0.15) is 4.57 Å². The molecule has 1 unspecified atom stereocenters. The lowest BCUT2D eigenvalue weighted by Gasteiger charge is -2.37. The summed E-state index contributed by atoms with van der Waals surface area (Å²) in [5.41, 5.74) is 6.88. The SMILES string of the molecule is Cc1ccccc1-n1c(C)c2[n+](c1C)C=CC2(c1ccccc1)C1CCCCC1. The molecule has 2 aliphatic rings. The molecular formula is C27H31N2+. The summed E-state index contributed by atoms with van der Waals surface area (Å²) in [5, 5.41) is 0. The van der Waals surface area contributed by atoms with Gasteiger partial charge in [0.25, 0.3) is 5.82 Å². The Kier molecular flexibility index (Phi) is 4.46. The molecule has 1 aliphatic carbocycles. The Morgan fingerprint density at radius 1 is 0.862 bits per heavy atom. The van der Waals surface area contributed by atoms with Crippen LogP contribution in [-0.2, 0) is 5.41 Å². The zero-order chi connectivity index (χ0) is 20.0. The van der Waals surface area contributed by atoms with E-state index in [1.54, 1.807) is 0 Å². The Morgan fingerprint density at radius 3 is 2.28 bits per heavy atom. The number of benzene rings is 2. The maximum absolute atomic E-state index is 2.51. The first-order valence-electron chi connectivity index (χ1n) is 11.1. The maximum Gasteiger partial charge on any atom is 0.263 e. The lowest BCUT2D eigenvalue weighted by atomic mass is 9.63. The van der Waals surface area contributed by atoms with Crippen LogP contribution in [0.1, 0.15) is 60.4 Å². The minimum Gasteiger partial charge on any atom is -0.202 e. The van der Waals surface area contributed by atoms with Crippen molar-refractivity contribution < 1.29 is 4.57 Å². The number of fused-ring (bicyclic) bond motifs is 1. The van der Waals surface area contributed by atoms with Crippen molar-refractivity contribution >= 4 is 6.20 Å². The van der Waals surface area contributed by atoms with E-state index in [4.69, 9.17) is 0 Å². The highest BCUT2D eigenvalue weighted by Gasteiger charge is 2.51. The summed E-state index contributed by atoms with van der Waals surface area (Å²) in [4.78, 5) is 0. The number of hydrogen-bond acceptors (Lipinski definition) is 0. The van der Waals surface area contributed by atoms with Crippen LogP contribution in [0.3, 0.4) is 0 Å². The molecule has 0 spiro atoms. The summed E-state index contributed by atoms with van der Waals surface area (Å²) in [5.74, 6) is 1.95. The molecule has 0 radical (unpaired) electrons. The Labute approximate surface area is 174 Å². The van der Waals surface area contributed by atoms with Gasteiger partial charge in [-0.05, 0) is 49.0 Å². The molecule has 0 bridgehead atoms. The summed E-state index contributed by atoms with van der Waals surface area (Å²) < 4.78 is 4.93. The van der Waals surface area contributed by atoms with Gasteiger partial charge >= 0.3 is 0 Å². The molecule has 0 N–H and O–H groups in total. The molecule has 5 rings (SSSR count). The number of aromatic nitrogens is 2. The van der Waals surface area contributed by atoms with E-state index < -0.39 is 0 Å². The van der Waals surface area contributed by atoms with Crippen LogP contribution < -0.4 is 4.57 Å². The molecule has 2 heterocycles. The molecule has 0 saturated heterocycles. The number of aryl methyl sites for hydroxylation is 1. The second-order valence-electron chi connectivity index (χ2n) is 8.86. The van der Waals surface area contributed by atoms with Crippen molar-refractivity contribution in [1.82, 2.24) is 4.57 Å². The smallest absolute Gasteiger partial charge is 0.202 e. The molecule has 1 atom stereocenters. The Balaban J connectivity index is 1.78. The number of hydrogen-bond donors (Lipinski definition) is 0. The van der Waals surface area contributed by atoms with Crippen molar-refractivity contribution in [3.05, 3.63) is 89.0 Å². The predicted molar refractivity (Wildman–Crippen MR) is 119 cm³/mol. The normalized spacial score (nSPS) is 21.5. The van der Waals surface area contributed by atoms with Gasteiger partial charge in [0.05, 0.1) is 11.6 Å². The van der Waals surface area contributed by atoms with Gasteiger partial charge < -0.3 is 0 Å². The van der Waals surface area contributed by atoms with Crippen molar-refractivity contribution in [1.29, 1.82) is 0 Å². The molecule has 3 aromatic rings. The molecule has 0 amide bonds. The van der Waals surface area contributed by atoms with Crippen molar-refractivity contribution in [3.8, 4) is 5.69 Å². The van der Waals surface area contributed by atoms with E-state index in [0.29, 0.717) is 5.92 Å². The first-order chi connectivity index (χ1) is 14.1. The first kappa shape index (κ1) is 18.4. The lowest BCUT2D eigenvalue weighted by molar-refractivity contribution is -0.581. The average molecular weight is 384 g/mol. The molecule has 148 valence electrons. The lowest BCUT2D eigenvalue weighted by Crippen LogP contribution is -2.41. The molecule has 2 heteroatoms. The molecule has 2 aromatic carbocycles. The van der Waals surface area contributed by atoms with Crippen molar-refractivity contribution in [2.45, 2.75) is 58.3 Å². The van der Waals surface area contributed by atoms with Crippen molar-refractivity contribution in [2.24, 2.45) is 5.92 Å². The maximum atomic E-state index is 2.51. The van der Waals surface area contributed by atoms with Gasteiger partial charge in [-0.15, -0.1) is 0 Å². The van der Waals surface area contributed by atoms with Gasteiger partial charge in [0.15, 0.2) is 11.4 Å². The van der Waals surface area contributed by atoms with Crippen LogP contribution in [0.25, 0.3) is 11.9 Å². The number of rotatable bonds is 3. The van der Waals surface area contributed by atoms with Crippen LogP contribution in [0.4, 0.5) is 0 Å². The third-order valence-corrected chi connectivity index (χ3v) is 7.33. The predicted octanol–water partition coefficient (Wildman–Crippen LogP) is 6.04. The quantitative estimate of drug-likeness (QED) is 0.488. The third-order valence-electron chi connectivity index (χ3n) is 7.33. The molecule has 1 saturated carbocycles. The molecule has 1 aliphatic heterocycles. The van der Waals surface area contributed by atoms with Gasteiger partial charge in [0.1, 0.15) is 5.69 Å². The van der Waals surface area contributed by atoms with Gasteiger partial charge in [-0.1, -0.05) is 67.8 Å². The average Bonchev–Trinajstić information content (AvgIpc) is 3.28. The largest absolute Gasteiger partial charge is 0.263 e. The van der Waals surface area contributed by atoms with Crippen LogP contribution in [0.5, 0.6) is 0 Å². The van der Waals surface area contributed by atoms with Gasteiger partial charge in [-0.3, -0.25) is 0 Å². The highest BCUT2D eigenvalue weighted by molar-refractivity contribution is 5.52. The second kappa shape index (κ2) is 7.02. The van der Waals surface area contributed by atoms with E-state index in [9.17, 15) is 0 Å². The number of imidazole rings is 1. The topological polar surface area (TPSA) is 8.81 Å². The van der Waals surface area contributed by atoms with E-state index >= 15 is 0 Å². The van der Waals surface area contributed by atoms with Gasteiger partial charge in [-0.25, -0.2) is 4.57 Å². The molecular weight excluding hydrogens is 352 g/mol. The van der Waals surface area contributed by atoms with E-state index in [1.807, 2.05) is 0 Å². The summed E-state index contributed by atoms with van der Waals surface area (Å²) in [6.07, 6.45) is 11.6. The summed E-state index contributed by atoms with van der Waals surface area (Å²) in [6, 6.07) is 20.0. The minimum atomic E-state index is -0.0234. The monoisotopic (exact) mass is 383 g/mol. The third kappa shape index (κ3) is 2.65. The van der Waals surface area contributed by atoms with Gasteiger partial charge in [0, 0.05) is 13.8 Å². The summed E-state index contributed by atoms with van der Waals surface area (Å²) in [7, 11) is 0. The van der Waals surface area contributed by atoms with Crippen LogP contribution in [-0.4, -0.2) is 4.57 Å². The molecule has 29 heavy (non-hydrogen) atoms. The zero-order valence-corrected chi connectivity index (χ0v) is 17.9. The first-order valence-corrected chi connectivity index (χ1v) is 11.1. The van der Waals surface area contributed by atoms with E-state index in [1.165, 1.54) is 66.1 Å². The highest BCUT2D eigenvalue weighted by atomic mass is 15.2. The minimum absolute atomic E-state index is 0.0234. The van der Waals surface area contributed by atoms with Crippen LogP contribution >= 0.6 is 0 Å². The fourth-order valence-electron chi connectivity index (χ4n) is 5.98. The number of nitrogens with zero attached hydrogens (tertiary/aromatic N) is 2. The highest BCUT2D eigenvalue weighted by Crippen LogP contribution is 2.49. The standard InChI is InChI=1S/C27H31N2/c1-20-12-10-11-17-25(20)29-21(2)26-27(18-19-28(26)22(29)3,23-13-6-4-7-14-23)24-15-8-5-9-16-24/h4,6-7,10-14,17-19,24H,5,8-9,15-16H2,1-3H3/q+1. The summed E-state index contributed by atoms with van der Waals surface area (Å²) >= 11 is 0. The second-order valence-corrected chi connectivity index (χ2v) is 8.86. The fourth-order valence-corrected chi connectivity index (χ4v) is 5.98.